The van der Waals surface area contributed by atoms with Crippen molar-refractivity contribution < 1.29 is 24.3 Å². The van der Waals surface area contributed by atoms with Crippen LogP contribution in [0.3, 0.4) is 0 Å². The summed E-state index contributed by atoms with van der Waals surface area (Å²) in [5.41, 5.74) is 0. The number of carbonyl (C=O) groups is 1. The van der Waals surface area contributed by atoms with E-state index in [1.165, 1.54) is 0 Å². The van der Waals surface area contributed by atoms with E-state index in [1.807, 2.05) is 0 Å². The lowest BCUT2D eigenvalue weighted by molar-refractivity contribution is -0.110. The molecule has 0 saturated carbocycles. The maximum absolute atomic E-state index is 10.2. The second-order valence-electron chi connectivity index (χ2n) is 2.76. The van der Waals surface area contributed by atoms with Crippen molar-refractivity contribution in [2.45, 2.75) is 18.5 Å². The molecule has 78 valence electrons. The average molecular weight is 209 g/mol. The Bertz CT molecular complexity index is 148. The van der Waals surface area contributed by atoms with Crippen LogP contribution in [-0.2, 0) is 4.79 Å². The van der Waals surface area contributed by atoms with Crippen molar-refractivity contribution >= 4 is 15.1 Å². The maximum atomic E-state index is 10.2. The Morgan fingerprint density at radius 3 is 2.38 bits per heavy atom. The molecule has 0 aromatic carbocycles. The zero-order valence-electron chi connectivity index (χ0n) is 7.18. The highest BCUT2D eigenvalue weighted by molar-refractivity contribution is 6.56. The molecule has 6 nitrogen and oxygen atoms in total. The second kappa shape index (κ2) is 6.19. The summed E-state index contributed by atoms with van der Waals surface area (Å²) in [6, 6.07) is -0.691. The molecule has 1 atom stereocenters. The normalized spacial score (nSPS) is 14.2. The smallest absolute Gasteiger partial charge is 0.394 e. The first kappa shape index (κ1) is 12.7. The number of nitrogens with one attached hydrogen (secondary N) is 1. The van der Waals surface area contributed by atoms with Gasteiger partial charge >= 0.3 is 8.80 Å². The quantitative estimate of drug-likeness (QED) is 0.179. The minimum Gasteiger partial charge on any atom is -0.394 e. The third-order valence-electron chi connectivity index (χ3n) is 1.46. The predicted octanol–water partition coefficient (Wildman–Crippen LogP) is -2.56. The zero-order valence-corrected chi connectivity index (χ0v) is 8.18. The Morgan fingerprint density at radius 2 is 2.00 bits per heavy atom. The highest BCUT2D eigenvalue weighted by Gasteiger charge is 2.25. The SMILES string of the molecule is O=CC(CO)NCCC[Si](O)(O)O. The average Bonchev–Trinajstić information content (AvgIpc) is 2.03. The molecule has 0 aliphatic carbocycles. The Labute approximate surface area is 77.2 Å². The first-order valence-corrected chi connectivity index (χ1v) is 6.01. The number of aliphatic hydroxyl groups excluding tert-OH is 1. The minimum absolute atomic E-state index is 0.0724. The van der Waals surface area contributed by atoms with Crippen LogP contribution in [0.1, 0.15) is 6.42 Å². The van der Waals surface area contributed by atoms with Crippen molar-refractivity contribution in [1.82, 2.24) is 5.32 Å². The number of carbonyl (C=O) groups excluding carboxylic acids is 1. The molecular formula is C6H15NO5Si. The van der Waals surface area contributed by atoms with E-state index in [2.05, 4.69) is 5.32 Å². The van der Waals surface area contributed by atoms with E-state index in [1.54, 1.807) is 0 Å². The van der Waals surface area contributed by atoms with Gasteiger partial charge in [0, 0.05) is 6.04 Å². The summed E-state index contributed by atoms with van der Waals surface area (Å²) in [6.45, 7) is 0.0594. The van der Waals surface area contributed by atoms with Gasteiger partial charge in [0.25, 0.3) is 0 Å². The van der Waals surface area contributed by atoms with Crippen molar-refractivity contribution in [3.05, 3.63) is 0 Å². The van der Waals surface area contributed by atoms with Crippen molar-refractivity contribution in [1.29, 1.82) is 0 Å². The summed E-state index contributed by atoms with van der Waals surface area (Å²) in [6.07, 6.45) is 0.918. The summed E-state index contributed by atoms with van der Waals surface area (Å²) >= 11 is 0. The molecule has 0 aliphatic heterocycles. The van der Waals surface area contributed by atoms with Gasteiger partial charge in [0.05, 0.1) is 12.6 Å². The molecule has 0 bridgehead atoms. The summed E-state index contributed by atoms with van der Waals surface area (Å²) in [5.74, 6) is 0. The molecule has 1 unspecified atom stereocenters. The largest absolute Gasteiger partial charge is 0.492 e. The molecular weight excluding hydrogens is 194 g/mol. The molecule has 0 heterocycles. The molecule has 7 heteroatoms. The standard InChI is InChI=1S/C6H15NO5Si/c8-4-6(5-9)7-2-1-3-13(10,11)12/h4,6-7,9-12H,1-3,5H2. The molecule has 0 aliphatic rings. The Morgan fingerprint density at radius 1 is 1.38 bits per heavy atom. The van der Waals surface area contributed by atoms with Gasteiger partial charge in [-0.3, -0.25) is 0 Å². The van der Waals surface area contributed by atoms with Gasteiger partial charge in [-0.25, -0.2) is 0 Å². The number of hydrogen-bond acceptors (Lipinski definition) is 6. The number of aldehydes is 1. The Hall–Kier alpha value is -0.313. The summed E-state index contributed by atoms with van der Waals surface area (Å²) in [5, 5.41) is 11.2. The van der Waals surface area contributed by atoms with Gasteiger partial charge in [-0.05, 0) is 13.0 Å². The van der Waals surface area contributed by atoms with E-state index in [4.69, 9.17) is 19.5 Å². The Balaban J connectivity index is 3.40. The van der Waals surface area contributed by atoms with Gasteiger partial charge in [0.2, 0.25) is 0 Å². The third-order valence-corrected chi connectivity index (χ3v) is 2.48. The van der Waals surface area contributed by atoms with E-state index in [0.29, 0.717) is 19.3 Å². The summed E-state index contributed by atoms with van der Waals surface area (Å²) < 4.78 is 0. The van der Waals surface area contributed by atoms with Crippen LogP contribution in [-0.4, -0.2) is 53.8 Å². The fraction of sp³-hybridized carbons (Fsp3) is 0.833. The van der Waals surface area contributed by atoms with E-state index in [-0.39, 0.29) is 12.7 Å². The van der Waals surface area contributed by atoms with Gasteiger partial charge in [-0.1, -0.05) is 0 Å². The highest BCUT2D eigenvalue weighted by atomic mass is 28.4. The fourth-order valence-electron chi connectivity index (χ4n) is 0.769. The van der Waals surface area contributed by atoms with Gasteiger partial charge in [0.15, 0.2) is 0 Å². The van der Waals surface area contributed by atoms with E-state index >= 15 is 0 Å². The number of aliphatic hydroxyl groups is 1. The lowest BCUT2D eigenvalue weighted by atomic mass is 10.3. The van der Waals surface area contributed by atoms with Crippen LogP contribution < -0.4 is 5.32 Å². The molecule has 0 radical (unpaired) electrons. The second-order valence-corrected chi connectivity index (χ2v) is 4.81. The van der Waals surface area contributed by atoms with Crippen LogP contribution >= 0.6 is 0 Å². The molecule has 0 fully saturated rings. The van der Waals surface area contributed by atoms with Crippen LogP contribution in [0.5, 0.6) is 0 Å². The van der Waals surface area contributed by atoms with Gasteiger partial charge in [-0.2, -0.15) is 0 Å². The van der Waals surface area contributed by atoms with Crippen LogP contribution in [0.4, 0.5) is 0 Å². The molecule has 5 N–H and O–H groups in total. The molecule has 13 heavy (non-hydrogen) atoms. The van der Waals surface area contributed by atoms with Crippen LogP contribution in [0, 0.1) is 0 Å². The molecule has 0 amide bonds. The first-order chi connectivity index (χ1) is 5.99. The van der Waals surface area contributed by atoms with Gasteiger partial charge in [0.1, 0.15) is 6.29 Å². The van der Waals surface area contributed by atoms with Gasteiger partial charge < -0.3 is 29.6 Å². The molecule has 0 saturated heterocycles. The fourth-order valence-corrected chi connectivity index (χ4v) is 1.42. The van der Waals surface area contributed by atoms with Gasteiger partial charge in [-0.15, -0.1) is 0 Å². The minimum atomic E-state index is -3.94. The summed E-state index contributed by atoms with van der Waals surface area (Å²) in [4.78, 5) is 36.0. The number of rotatable bonds is 7. The van der Waals surface area contributed by atoms with Crippen LogP contribution in [0.25, 0.3) is 0 Å². The highest BCUT2D eigenvalue weighted by Crippen LogP contribution is 1.99. The molecule has 0 aromatic rings. The molecule has 0 aromatic heterocycles. The Kier molecular flexibility index (Phi) is 6.04. The zero-order chi connectivity index (χ0) is 10.3. The van der Waals surface area contributed by atoms with Crippen molar-refractivity contribution in [2.24, 2.45) is 0 Å². The van der Waals surface area contributed by atoms with Crippen LogP contribution in [0.2, 0.25) is 6.04 Å². The monoisotopic (exact) mass is 209 g/mol. The third kappa shape index (κ3) is 8.03. The summed E-state index contributed by atoms with van der Waals surface area (Å²) in [7, 11) is -3.94. The van der Waals surface area contributed by atoms with Crippen molar-refractivity contribution in [3.8, 4) is 0 Å². The van der Waals surface area contributed by atoms with E-state index in [9.17, 15) is 4.79 Å². The maximum Gasteiger partial charge on any atom is 0.492 e. The number of hydrogen-bond donors (Lipinski definition) is 5. The van der Waals surface area contributed by atoms with Crippen molar-refractivity contribution in [3.63, 3.8) is 0 Å². The molecule has 0 spiro atoms. The molecule has 0 rings (SSSR count). The van der Waals surface area contributed by atoms with Crippen molar-refractivity contribution in [2.75, 3.05) is 13.2 Å². The van der Waals surface area contributed by atoms with Crippen LogP contribution in [0.15, 0.2) is 0 Å². The first-order valence-electron chi connectivity index (χ1n) is 3.96. The van der Waals surface area contributed by atoms with E-state index < -0.39 is 14.8 Å². The lowest BCUT2D eigenvalue weighted by Gasteiger charge is -2.11. The van der Waals surface area contributed by atoms with E-state index in [0.717, 1.165) is 0 Å². The topological polar surface area (TPSA) is 110 Å². The predicted molar refractivity (Wildman–Crippen MR) is 46.8 cm³/mol. The lowest BCUT2D eigenvalue weighted by Crippen LogP contribution is -2.38.